The Labute approximate surface area is 162 Å². The number of aryl methyl sites for hydroxylation is 2. The molecule has 10 heteroatoms. The lowest BCUT2D eigenvalue weighted by atomic mass is 9.91. The maximum atomic E-state index is 12.7. The van der Waals surface area contributed by atoms with Crippen molar-refractivity contribution in [3.05, 3.63) is 11.4 Å². The first-order valence-corrected chi connectivity index (χ1v) is 10.1. The van der Waals surface area contributed by atoms with Crippen LogP contribution >= 0.6 is 12.4 Å². The molecule has 2 unspecified atom stereocenters. The molecule has 1 amide bonds. The number of likely N-dealkylation sites (tertiary alicyclic amines) is 1. The van der Waals surface area contributed by atoms with E-state index in [2.05, 4.69) is 9.82 Å². The van der Waals surface area contributed by atoms with Gasteiger partial charge < -0.3 is 10.6 Å². The topological polar surface area (TPSA) is 110 Å². The minimum atomic E-state index is -3.81. The minimum Gasteiger partial charge on any atom is -0.341 e. The van der Waals surface area contributed by atoms with Crippen LogP contribution in [-0.4, -0.2) is 54.2 Å². The number of amides is 1. The number of carbonyl (C=O) groups excluding carboxylic acids is 1. The third kappa shape index (κ3) is 4.76. The summed E-state index contributed by atoms with van der Waals surface area (Å²) in [6.07, 6.45) is 1.70. The van der Waals surface area contributed by atoms with E-state index in [4.69, 9.17) is 5.73 Å². The van der Waals surface area contributed by atoms with E-state index in [0.29, 0.717) is 30.4 Å². The number of halogens is 1. The number of nitrogens with zero attached hydrogens (tertiary/aromatic N) is 3. The van der Waals surface area contributed by atoms with Crippen LogP contribution in [0, 0.1) is 19.8 Å². The van der Waals surface area contributed by atoms with Gasteiger partial charge in [0.05, 0.1) is 17.4 Å². The first-order chi connectivity index (χ1) is 11.5. The van der Waals surface area contributed by atoms with Gasteiger partial charge in [-0.3, -0.25) is 9.48 Å². The van der Waals surface area contributed by atoms with E-state index < -0.39 is 16.1 Å². The number of nitrogens with two attached hydrogens (primary N) is 1. The molecule has 0 aromatic carbocycles. The van der Waals surface area contributed by atoms with Crippen LogP contribution in [0.2, 0.25) is 0 Å². The molecule has 1 aliphatic rings. The number of carbonyl (C=O) groups is 1. The fraction of sp³-hybridized carbons (Fsp3) is 0.750. The van der Waals surface area contributed by atoms with E-state index >= 15 is 0 Å². The van der Waals surface area contributed by atoms with Crippen LogP contribution in [-0.2, 0) is 21.9 Å². The zero-order chi connectivity index (χ0) is 18.9. The Morgan fingerprint density at radius 3 is 2.23 bits per heavy atom. The highest BCUT2D eigenvalue weighted by molar-refractivity contribution is 7.89. The normalized spacial score (nSPS) is 18.3. The van der Waals surface area contributed by atoms with Crippen LogP contribution in [0.25, 0.3) is 0 Å². The van der Waals surface area contributed by atoms with Crippen molar-refractivity contribution in [3.8, 4) is 0 Å². The van der Waals surface area contributed by atoms with Gasteiger partial charge in [0.2, 0.25) is 15.9 Å². The van der Waals surface area contributed by atoms with Gasteiger partial charge in [-0.1, -0.05) is 0 Å². The van der Waals surface area contributed by atoms with E-state index in [-0.39, 0.29) is 29.3 Å². The highest BCUT2D eigenvalue weighted by Gasteiger charge is 2.31. The Balaban J connectivity index is 0.00000338. The molecule has 3 N–H and O–H groups in total. The molecule has 26 heavy (non-hydrogen) atoms. The molecule has 0 saturated carbocycles. The van der Waals surface area contributed by atoms with E-state index in [9.17, 15) is 13.2 Å². The third-order valence-electron chi connectivity index (χ3n) is 5.01. The molecule has 150 valence electrons. The van der Waals surface area contributed by atoms with Crippen LogP contribution in [0.3, 0.4) is 0 Å². The Morgan fingerprint density at radius 1 is 1.27 bits per heavy atom. The molecule has 1 saturated heterocycles. The maximum Gasteiger partial charge on any atom is 0.244 e. The fourth-order valence-corrected chi connectivity index (χ4v) is 5.04. The van der Waals surface area contributed by atoms with Crippen LogP contribution in [0.15, 0.2) is 4.90 Å². The van der Waals surface area contributed by atoms with E-state index in [1.807, 2.05) is 6.92 Å². The van der Waals surface area contributed by atoms with Crippen molar-refractivity contribution in [2.45, 2.75) is 57.5 Å². The van der Waals surface area contributed by atoms with Crippen LogP contribution in [0.4, 0.5) is 0 Å². The van der Waals surface area contributed by atoms with Crippen molar-refractivity contribution in [2.75, 3.05) is 13.1 Å². The summed E-state index contributed by atoms with van der Waals surface area (Å²) in [6.45, 7) is 8.13. The molecular formula is C16H30ClN5O3S. The summed E-state index contributed by atoms with van der Waals surface area (Å²) in [5, 5.41) is 4.13. The van der Waals surface area contributed by atoms with Gasteiger partial charge in [0.15, 0.2) is 0 Å². The van der Waals surface area contributed by atoms with Crippen LogP contribution < -0.4 is 10.5 Å². The molecule has 2 atom stereocenters. The number of nitrogens with one attached hydrogen (secondary N) is 1. The summed E-state index contributed by atoms with van der Waals surface area (Å²) in [5.74, 6) is 0.211. The Bertz CT molecular complexity index is 739. The number of hydrogen-bond donors (Lipinski definition) is 2. The molecule has 0 radical (unpaired) electrons. The number of rotatable bonds is 5. The highest BCUT2D eigenvalue weighted by atomic mass is 35.5. The monoisotopic (exact) mass is 407 g/mol. The first kappa shape index (κ1) is 22.9. The molecule has 0 bridgehead atoms. The van der Waals surface area contributed by atoms with Gasteiger partial charge in [0.1, 0.15) is 4.90 Å². The quantitative estimate of drug-likeness (QED) is 0.746. The molecule has 2 rings (SSSR count). The van der Waals surface area contributed by atoms with E-state index in [1.54, 1.807) is 32.7 Å². The summed E-state index contributed by atoms with van der Waals surface area (Å²) >= 11 is 0. The Kier molecular flexibility index (Phi) is 7.64. The standard InChI is InChI=1S/C16H29N5O3S.ClH/c1-10(17)14-6-8-21(9-7-14)16(22)12(3)19-25(23,24)15-11(2)18-20(5)13(15)4;/h10,12,14,19H,6-9,17H2,1-5H3;1H. The molecule has 1 aromatic rings. The molecule has 8 nitrogen and oxygen atoms in total. The molecule has 2 heterocycles. The lowest BCUT2D eigenvalue weighted by Crippen LogP contribution is -2.50. The molecular weight excluding hydrogens is 378 g/mol. The molecule has 0 spiro atoms. The lowest BCUT2D eigenvalue weighted by molar-refractivity contribution is -0.134. The van der Waals surface area contributed by atoms with Crippen molar-refractivity contribution < 1.29 is 13.2 Å². The van der Waals surface area contributed by atoms with Gasteiger partial charge in [0.25, 0.3) is 0 Å². The second-order valence-electron chi connectivity index (χ2n) is 6.99. The van der Waals surface area contributed by atoms with Gasteiger partial charge in [-0.2, -0.15) is 9.82 Å². The SMILES string of the molecule is Cc1nn(C)c(C)c1S(=O)(=O)NC(C)C(=O)N1CCC(C(C)N)CC1.Cl. The van der Waals surface area contributed by atoms with Crippen molar-refractivity contribution >= 4 is 28.3 Å². The van der Waals surface area contributed by atoms with Crippen molar-refractivity contribution in [2.24, 2.45) is 18.7 Å². The average molecular weight is 408 g/mol. The Morgan fingerprint density at radius 2 is 1.81 bits per heavy atom. The predicted molar refractivity (Wildman–Crippen MR) is 103 cm³/mol. The number of piperidine rings is 1. The second kappa shape index (κ2) is 8.69. The number of aromatic nitrogens is 2. The average Bonchev–Trinajstić information content (AvgIpc) is 2.79. The van der Waals surface area contributed by atoms with Crippen LogP contribution in [0.1, 0.15) is 38.1 Å². The molecule has 1 aliphatic heterocycles. The predicted octanol–water partition coefficient (Wildman–Crippen LogP) is 0.711. The van der Waals surface area contributed by atoms with E-state index in [0.717, 1.165) is 12.8 Å². The minimum absolute atomic E-state index is 0. The summed E-state index contributed by atoms with van der Waals surface area (Å²) in [6, 6.07) is -0.708. The zero-order valence-corrected chi connectivity index (χ0v) is 17.7. The van der Waals surface area contributed by atoms with Gasteiger partial charge >= 0.3 is 0 Å². The van der Waals surface area contributed by atoms with Crippen molar-refractivity contribution in [1.29, 1.82) is 0 Å². The smallest absolute Gasteiger partial charge is 0.244 e. The largest absolute Gasteiger partial charge is 0.341 e. The number of hydrogen-bond acceptors (Lipinski definition) is 5. The molecule has 0 aliphatic carbocycles. The van der Waals surface area contributed by atoms with Gasteiger partial charge in [0, 0.05) is 26.2 Å². The second-order valence-corrected chi connectivity index (χ2v) is 8.64. The third-order valence-corrected chi connectivity index (χ3v) is 6.80. The van der Waals surface area contributed by atoms with Gasteiger partial charge in [-0.25, -0.2) is 8.42 Å². The van der Waals surface area contributed by atoms with Crippen LogP contribution in [0.5, 0.6) is 0 Å². The first-order valence-electron chi connectivity index (χ1n) is 8.61. The summed E-state index contributed by atoms with van der Waals surface area (Å²) in [7, 11) is -2.12. The van der Waals surface area contributed by atoms with Crippen molar-refractivity contribution in [3.63, 3.8) is 0 Å². The zero-order valence-electron chi connectivity index (χ0n) is 16.0. The summed E-state index contributed by atoms with van der Waals surface area (Å²) in [5.41, 5.74) is 6.89. The summed E-state index contributed by atoms with van der Waals surface area (Å²) < 4.78 is 29.4. The highest BCUT2D eigenvalue weighted by Crippen LogP contribution is 2.21. The van der Waals surface area contributed by atoms with Gasteiger partial charge in [-0.05, 0) is 46.5 Å². The Hall–Kier alpha value is -1.16. The lowest BCUT2D eigenvalue weighted by Gasteiger charge is -2.35. The number of sulfonamides is 1. The maximum absolute atomic E-state index is 12.7. The fourth-order valence-electron chi connectivity index (χ4n) is 3.40. The van der Waals surface area contributed by atoms with E-state index in [1.165, 1.54) is 4.68 Å². The molecule has 1 fully saturated rings. The summed E-state index contributed by atoms with van der Waals surface area (Å²) in [4.78, 5) is 14.5. The van der Waals surface area contributed by atoms with Crippen molar-refractivity contribution in [1.82, 2.24) is 19.4 Å². The molecule has 1 aromatic heterocycles. The van der Waals surface area contributed by atoms with Gasteiger partial charge in [-0.15, -0.1) is 12.4 Å².